The zero-order chi connectivity index (χ0) is 20.2. The van der Waals surface area contributed by atoms with Gasteiger partial charge in [-0.2, -0.15) is 0 Å². The maximum Gasteiger partial charge on any atom is 0.319 e. The van der Waals surface area contributed by atoms with Crippen molar-refractivity contribution in [2.24, 2.45) is 0 Å². The van der Waals surface area contributed by atoms with Gasteiger partial charge in [-0.05, 0) is 49.6 Å². The Bertz CT molecular complexity index is 1010. The first-order chi connectivity index (χ1) is 14.0. The van der Waals surface area contributed by atoms with E-state index in [1.54, 1.807) is 35.6 Å². The Morgan fingerprint density at radius 3 is 2.24 bits per heavy atom. The van der Waals surface area contributed by atoms with Crippen LogP contribution in [0.1, 0.15) is 23.4 Å². The first-order valence-corrected chi connectivity index (χ1v) is 10.4. The van der Waals surface area contributed by atoms with E-state index in [9.17, 15) is 9.59 Å². The molecular formula is C22H22N4O2S. The van der Waals surface area contributed by atoms with E-state index in [4.69, 9.17) is 0 Å². The number of nitrogens with one attached hydrogen (secondary N) is 3. The second kappa shape index (κ2) is 8.45. The number of aromatic nitrogens is 1. The monoisotopic (exact) mass is 406 g/mol. The Balaban J connectivity index is 1.29. The molecule has 1 aliphatic carbocycles. The molecule has 1 fully saturated rings. The van der Waals surface area contributed by atoms with Crippen molar-refractivity contribution < 1.29 is 9.59 Å². The van der Waals surface area contributed by atoms with E-state index in [0.717, 1.165) is 34.7 Å². The molecule has 0 bridgehead atoms. The van der Waals surface area contributed by atoms with Gasteiger partial charge in [0.2, 0.25) is 5.91 Å². The lowest BCUT2D eigenvalue weighted by Gasteiger charge is -2.09. The van der Waals surface area contributed by atoms with Crippen molar-refractivity contribution in [1.82, 2.24) is 10.3 Å². The number of anilines is 2. The molecule has 1 aromatic heterocycles. The lowest BCUT2D eigenvalue weighted by molar-refractivity contribution is -0.115. The molecule has 3 N–H and O–H groups in total. The number of urea groups is 1. The molecule has 0 spiro atoms. The number of hydrogen-bond acceptors (Lipinski definition) is 4. The maximum absolute atomic E-state index is 12.3. The van der Waals surface area contributed by atoms with Crippen LogP contribution in [0.25, 0.3) is 11.3 Å². The van der Waals surface area contributed by atoms with E-state index < -0.39 is 0 Å². The number of carbonyl (C=O) groups is 2. The fraction of sp³-hybridized carbons (Fsp3) is 0.227. The highest BCUT2D eigenvalue weighted by Gasteiger charge is 2.23. The molecular weight excluding hydrogens is 384 g/mol. The Labute approximate surface area is 173 Å². The summed E-state index contributed by atoms with van der Waals surface area (Å²) in [5.41, 5.74) is 4.33. The lowest BCUT2D eigenvalue weighted by Crippen LogP contribution is -2.30. The number of rotatable bonds is 6. The Morgan fingerprint density at radius 2 is 1.66 bits per heavy atom. The predicted molar refractivity (Wildman–Crippen MR) is 116 cm³/mol. The molecule has 0 aliphatic heterocycles. The zero-order valence-electron chi connectivity index (χ0n) is 16.1. The van der Waals surface area contributed by atoms with Gasteiger partial charge in [0.25, 0.3) is 0 Å². The summed E-state index contributed by atoms with van der Waals surface area (Å²) >= 11 is 1.62. The van der Waals surface area contributed by atoms with Gasteiger partial charge in [-0.3, -0.25) is 4.79 Å². The van der Waals surface area contributed by atoms with Crippen LogP contribution < -0.4 is 16.0 Å². The van der Waals surface area contributed by atoms with Crippen molar-refractivity contribution in [3.8, 4) is 11.3 Å². The van der Waals surface area contributed by atoms with Crippen LogP contribution in [0.4, 0.5) is 16.2 Å². The molecule has 2 aromatic carbocycles. The van der Waals surface area contributed by atoms with Crippen molar-refractivity contribution in [1.29, 1.82) is 0 Å². The van der Waals surface area contributed by atoms with Crippen molar-refractivity contribution in [2.45, 2.75) is 32.2 Å². The molecule has 0 saturated heterocycles. The van der Waals surface area contributed by atoms with Gasteiger partial charge >= 0.3 is 6.03 Å². The third-order valence-corrected chi connectivity index (χ3v) is 5.35. The second-order valence-corrected chi connectivity index (χ2v) is 8.19. The van der Waals surface area contributed by atoms with E-state index >= 15 is 0 Å². The molecule has 1 heterocycles. The molecule has 3 aromatic rings. The van der Waals surface area contributed by atoms with Gasteiger partial charge in [0, 0.05) is 28.4 Å². The smallest absolute Gasteiger partial charge is 0.319 e. The summed E-state index contributed by atoms with van der Waals surface area (Å²) in [7, 11) is 0. The third kappa shape index (κ3) is 5.42. The van der Waals surface area contributed by atoms with Gasteiger partial charge in [0.05, 0.1) is 17.1 Å². The molecule has 148 valence electrons. The molecule has 0 atom stereocenters. The Hall–Kier alpha value is -3.19. The van der Waals surface area contributed by atoms with Crippen LogP contribution in [-0.2, 0) is 11.2 Å². The molecule has 4 rings (SSSR count). The van der Waals surface area contributed by atoms with Gasteiger partial charge < -0.3 is 16.0 Å². The number of thiazole rings is 1. The maximum atomic E-state index is 12.3. The van der Waals surface area contributed by atoms with Gasteiger partial charge in [0.15, 0.2) is 0 Å². The van der Waals surface area contributed by atoms with E-state index in [0.29, 0.717) is 23.8 Å². The summed E-state index contributed by atoms with van der Waals surface area (Å²) in [6.45, 7) is 1.98. The van der Waals surface area contributed by atoms with E-state index in [1.165, 1.54) is 0 Å². The summed E-state index contributed by atoms with van der Waals surface area (Å²) in [6, 6.07) is 15.1. The van der Waals surface area contributed by atoms with Crippen LogP contribution in [0, 0.1) is 6.92 Å². The lowest BCUT2D eigenvalue weighted by atomic mass is 10.1. The SMILES string of the molecule is Cc1nc(-c2ccc(CC(=O)Nc3ccc(NC(=O)NC4CC4)cc3)cc2)cs1. The van der Waals surface area contributed by atoms with Gasteiger partial charge in [0.1, 0.15) is 0 Å². The first kappa shape index (κ1) is 19.1. The summed E-state index contributed by atoms with van der Waals surface area (Å²) in [6.07, 6.45) is 2.39. The average molecular weight is 407 g/mol. The molecule has 3 amide bonds. The van der Waals surface area contributed by atoms with Crippen LogP contribution in [0.15, 0.2) is 53.9 Å². The van der Waals surface area contributed by atoms with Crippen molar-refractivity contribution in [3.63, 3.8) is 0 Å². The molecule has 1 saturated carbocycles. The number of nitrogens with zero attached hydrogens (tertiary/aromatic N) is 1. The van der Waals surface area contributed by atoms with Gasteiger partial charge in [-0.25, -0.2) is 9.78 Å². The fourth-order valence-corrected chi connectivity index (χ4v) is 3.52. The molecule has 0 radical (unpaired) electrons. The quantitative estimate of drug-likeness (QED) is 0.560. The molecule has 6 nitrogen and oxygen atoms in total. The fourth-order valence-electron chi connectivity index (χ4n) is 2.90. The average Bonchev–Trinajstić information content (AvgIpc) is 3.40. The second-order valence-electron chi connectivity index (χ2n) is 7.12. The summed E-state index contributed by atoms with van der Waals surface area (Å²) in [5, 5.41) is 11.6. The van der Waals surface area contributed by atoms with Crippen LogP contribution in [0.5, 0.6) is 0 Å². The van der Waals surface area contributed by atoms with E-state index in [-0.39, 0.29) is 11.9 Å². The Kier molecular flexibility index (Phi) is 5.57. The van der Waals surface area contributed by atoms with E-state index in [1.807, 2.05) is 36.6 Å². The topological polar surface area (TPSA) is 83.1 Å². The molecule has 29 heavy (non-hydrogen) atoms. The van der Waals surface area contributed by atoms with Crippen LogP contribution >= 0.6 is 11.3 Å². The van der Waals surface area contributed by atoms with Crippen LogP contribution in [0.3, 0.4) is 0 Å². The van der Waals surface area contributed by atoms with Gasteiger partial charge in [-0.1, -0.05) is 24.3 Å². The molecule has 0 unspecified atom stereocenters. The number of amides is 3. The van der Waals surface area contributed by atoms with Crippen molar-refractivity contribution in [3.05, 3.63) is 64.5 Å². The van der Waals surface area contributed by atoms with Crippen molar-refractivity contribution >= 4 is 34.6 Å². The first-order valence-electron chi connectivity index (χ1n) is 9.54. The van der Waals surface area contributed by atoms with E-state index in [2.05, 4.69) is 20.9 Å². The minimum atomic E-state index is -0.194. The highest BCUT2D eigenvalue weighted by Crippen LogP contribution is 2.22. The number of hydrogen-bond donors (Lipinski definition) is 3. The summed E-state index contributed by atoms with van der Waals surface area (Å²) in [5.74, 6) is -0.0885. The number of benzene rings is 2. The summed E-state index contributed by atoms with van der Waals surface area (Å²) < 4.78 is 0. The summed E-state index contributed by atoms with van der Waals surface area (Å²) in [4.78, 5) is 28.6. The number of aryl methyl sites for hydroxylation is 1. The van der Waals surface area contributed by atoms with Gasteiger partial charge in [-0.15, -0.1) is 11.3 Å². The van der Waals surface area contributed by atoms with Crippen LogP contribution in [-0.4, -0.2) is 23.0 Å². The minimum Gasteiger partial charge on any atom is -0.335 e. The minimum absolute atomic E-state index is 0.0885. The molecule has 7 heteroatoms. The van der Waals surface area contributed by atoms with Crippen LogP contribution in [0.2, 0.25) is 0 Å². The predicted octanol–water partition coefficient (Wildman–Crippen LogP) is 4.58. The third-order valence-electron chi connectivity index (χ3n) is 4.57. The highest BCUT2D eigenvalue weighted by molar-refractivity contribution is 7.09. The normalized spacial score (nSPS) is 13.0. The zero-order valence-corrected chi connectivity index (χ0v) is 16.9. The standard InChI is InChI=1S/C22H22N4O2S/c1-14-23-20(13-29-14)16-4-2-15(3-5-16)12-21(27)24-17-6-8-18(9-7-17)25-22(28)26-19-10-11-19/h2-9,13,19H,10-12H2,1H3,(H,24,27)(H2,25,26,28). The molecule has 1 aliphatic rings. The largest absolute Gasteiger partial charge is 0.335 e. The number of carbonyl (C=O) groups excluding carboxylic acids is 2. The highest BCUT2D eigenvalue weighted by atomic mass is 32.1. The van der Waals surface area contributed by atoms with Crippen molar-refractivity contribution in [2.75, 3.05) is 10.6 Å². The Morgan fingerprint density at radius 1 is 1.00 bits per heavy atom.